The van der Waals surface area contributed by atoms with E-state index in [4.69, 9.17) is 22.5 Å². The summed E-state index contributed by atoms with van der Waals surface area (Å²) in [6.45, 7) is 2.15. The summed E-state index contributed by atoms with van der Waals surface area (Å²) in [5.41, 5.74) is 21.0. The predicted octanol–water partition coefficient (Wildman–Crippen LogP) is 1.64. The number of nitriles is 1. The molecule has 0 fully saturated rings. The Hall–Kier alpha value is -2.88. The van der Waals surface area contributed by atoms with E-state index in [1.807, 2.05) is 24.3 Å². The van der Waals surface area contributed by atoms with Gasteiger partial charge in [-0.05, 0) is 42.8 Å². The first-order chi connectivity index (χ1) is 11.0. The molecular weight excluding hydrogens is 288 g/mol. The van der Waals surface area contributed by atoms with E-state index < -0.39 is 6.17 Å². The Balaban J connectivity index is 2.39. The fourth-order valence-corrected chi connectivity index (χ4v) is 2.17. The van der Waals surface area contributed by atoms with Crippen molar-refractivity contribution in [2.24, 2.45) is 17.2 Å². The molecule has 0 spiro atoms. The minimum atomic E-state index is -0.446. The van der Waals surface area contributed by atoms with Crippen LogP contribution in [0.3, 0.4) is 0 Å². The van der Waals surface area contributed by atoms with Crippen LogP contribution in [0.15, 0.2) is 48.2 Å². The van der Waals surface area contributed by atoms with Crippen molar-refractivity contribution in [2.45, 2.75) is 19.6 Å². The summed E-state index contributed by atoms with van der Waals surface area (Å²) in [7, 11) is 0. The summed E-state index contributed by atoms with van der Waals surface area (Å²) in [5.74, 6) is 0.607. The van der Waals surface area contributed by atoms with E-state index in [1.165, 1.54) is 0 Å². The molecule has 6 nitrogen and oxygen atoms in total. The molecule has 6 heteroatoms. The van der Waals surface area contributed by atoms with Gasteiger partial charge in [-0.2, -0.15) is 5.26 Å². The number of rotatable bonds is 5. The average molecular weight is 308 g/mol. The smallest absolute Gasteiger partial charge is 0.128 e. The fraction of sp³-hybridized carbons (Fsp3) is 0.176. The van der Waals surface area contributed by atoms with Crippen LogP contribution in [0.5, 0.6) is 0 Å². The SMILES string of the molecule is C/C(N)=C/C(N)Nc1cc(CN)cc(-c2cccc(C#N)c2)n1. The third kappa shape index (κ3) is 4.54. The van der Waals surface area contributed by atoms with Gasteiger partial charge < -0.3 is 22.5 Å². The number of allylic oxidation sites excluding steroid dienone is 1. The van der Waals surface area contributed by atoms with E-state index in [9.17, 15) is 0 Å². The lowest BCUT2D eigenvalue weighted by atomic mass is 10.1. The van der Waals surface area contributed by atoms with Gasteiger partial charge in [0.15, 0.2) is 0 Å². The number of hydrogen-bond donors (Lipinski definition) is 4. The normalized spacial score (nSPS) is 12.5. The zero-order valence-electron chi connectivity index (χ0n) is 13.0. The predicted molar refractivity (Wildman–Crippen MR) is 91.8 cm³/mol. The van der Waals surface area contributed by atoms with Gasteiger partial charge in [-0.15, -0.1) is 0 Å². The third-order valence-corrected chi connectivity index (χ3v) is 3.17. The van der Waals surface area contributed by atoms with Gasteiger partial charge in [0.05, 0.1) is 23.5 Å². The average Bonchev–Trinajstić information content (AvgIpc) is 2.53. The fourth-order valence-electron chi connectivity index (χ4n) is 2.17. The van der Waals surface area contributed by atoms with Gasteiger partial charge in [0.2, 0.25) is 0 Å². The minimum absolute atomic E-state index is 0.378. The molecule has 0 bridgehead atoms. The van der Waals surface area contributed by atoms with Crippen molar-refractivity contribution in [1.82, 2.24) is 4.98 Å². The zero-order chi connectivity index (χ0) is 16.8. The number of pyridine rings is 1. The number of nitrogens with two attached hydrogens (primary N) is 3. The molecule has 0 saturated carbocycles. The summed E-state index contributed by atoms with van der Waals surface area (Å²) < 4.78 is 0. The van der Waals surface area contributed by atoms with Crippen LogP contribution in [0, 0.1) is 11.3 Å². The summed E-state index contributed by atoms with van der Waals surface area (Å²) >= 11 is 0. The standard InChI is InChI=1S/C17H20N6/c1-11(20)5-16(21)23-17-8-13(10-19)7-15(22-17)14-4-2-3-12(6-14)9-18/h2-8,16H,10,19-21H2,1H3,(H,22,23)/b11-5-. The molecule has 1 aromatic heterocycles. The molecule has 0 aliphatic rings. The van der Waals surface area contributed by atoms with Crippen molar-refractivity contribution in [3.05, 3.63) is 59.3 Å². The summed E-state index contributed by atoms with van der Waals surface area (Å²) in [4.78, 5) is 4.55. The number of nitrogens with one attached hydrogen (secondary N) is 1. The molecule has 1 aromatic carbocycles. The number of aromatic nitrogens is 1. The second kappa shape index (κ2) is 7.40. The quantitative estimate of drug-likeness (QED) is 0.622. The van der Waals surface area contributed by atoms with Crippen molar-refractivity contribution in [3.63, 3.8) is 0 Å². The molecule has 7 N–H and O–H groups in total. The number of benzene rings is 1. The Morgan fingerprint density at radius 3 is 2.83 bits per heavy atom. The van der Waals surface area contributed by atoms with Gasteiger partial charge in [-0.25, -0.2) is 4.98 Å². The highest BCUT2D eigenvalue weighted by Gasteiger charge is 2.07. The largest absolute Gasteiger partial charge is 0.402 e. The second-order valence-electron chi connectivity index (χ2n) is 5.22. The first kappa shape index (κ1) is 16.5. The molecule has 0 radical (unpaired) electrons. The number of nitrogens with zero attached hydrogens (tertiary/aromatic N) is 2. The van der Waals surface area contributed by atoms with Crippen LogP contribution in [0.2, 0.25) is 0 Å². The maximum absolute atomic E-state index is 9.03. The highest BCUT2D eigenvalue weighted by molar-refractivity contribution is 5.64. The molecule has 0 aliphatic carbocycles. The van der Waals surface area contributed by atoms with E-state index in [2.05, 4.69) is 16.4 Å². The molecule has 1 atom stereocenters. The number of hydrogen-bond acceptors (Lipinski definition) is 6. The molecule has 23 heavy (non-hydrogen) atoms. The lowest BCUT2D eigenvalue weighted by Gasteiger charge is -2.14. The van der Waals surface area contributed by atoms with E-state index in [0.717, 1.165) is 16.8 Å². The van der Waals surface area contributed by atoms with Crippen LogP contribution in [0.25, 0.3) is 11.3 Å². The Kier molecular flexibility index (Phi) is 5.31. The van der Waals surface area contributed by atoms with Gasteiger partial charge in [0.1, 0.15) is 5.82 Å². The van der Waals surface area contributed by atoms with Crippen molar-refractivity contribution in [3.8, 4) is 17.3 Å². The Bertz CT molecular complexity index is 756. The number of anilines is 1. The van der Waals surface area contributed by atoms with Crippen molar-refractivity contribution in [1.29, 1.82) is 5.26 Å². The lowest BCUT2D eigenvalue weighted by molar-refractivity contribution is 0.913. The molecule has 2 rings (SSSR count). The molecular formula is C17H20N6. The van der Waals surface area contributed by atoms with Gasteiger partial charge in [-0.3, -0.25) is 0 Å². The summed E-state index contributed by atoms with van der Waals surface area (Å²) in [6, 6.07) is 13.1. The van der Waals surface area contributed by atoms with Gasteiger partial charge >= 0.3 is 0 Å². The Morgan fingerprint density at radius 2 is 2.17 bits per heavy atom. The Labute approximate surface area is 135 Å². The van der Waals surface area contributed by atoms with Crippen LogP contribution >= 0.6 is 0 Å². The third-order valence-electron chi connectivity index (χ3n) is 3.17. The van der Waals surface area contributed by atoms with Crippen LogP contribution in [0.4, 0.5) is 5.82 Å². The second-order valence-corrected chi connectivity index (χ2v) is 5.22. The zero-order valence-corrected chi connectivity index (χ0v) is 13.0. The van der Waals surface area contributed by atoms with Gasteiger partial charge in [0.25, 0.3) is 0 Å². The maximum atomic E-state index is 9.03. The molecule has 0 amide bonds. The van der Waals surface area contributed by atoms with Gasteiger partial charge in [0, 0.05) is 17.8 Å². The first-order valence-electron chi connectivity index (χ1n) is 7.19. The van der Waals surface area contributed by atoms with Crippen LogP contribution in [0.1, 0.15) is 18.1 Å². The van der Waals surface area contributed by atoms with E-state index in [0.29, 0.717) is 23.6 Å². The Morgan fingerprint density at radius 1 is 1.39 bits per heavy atom. The molecule has 0 aliphatic heterocycles. The van der Waals surface area contributed by atoms with E-state index in [1.54, 1.807) is 25.1 Å². The summed E-state index contributed by atoms with van der Waals surface area (Å²) in [6.07, 6.45) is 1.26. The van der Waals surface area contributed by atoms with Crippen molar-refractivity contribution < 1.29 is 0 Å². The van der Waals surface area contributed by atoms with Crippen molar-refractivity contribution >= 4 is 5.82 Å². The monoisotopic (exact) mass is 308 g/mol. The topological polar surface area (TPSA) is 127 Å². The summed E-state index contributed by atoms with van der Waals surface area (Å²) in [5, 5.41) is 12.1. The molecule has 118 valence electrons. The van der Waals surface area contributed by atoms with Crippen molar-refractivity contribution in [2.75, 3.05) is 5.32 Å². The van der Waals surface area contributed by atoms with E-state index in [-0.39, 0.29) is 0 Å². The molecule has 0 saturated heterocycles. The molecule has 2 aromatic rings. The van der Waals surface area contributed by atoms with E-state index >= 15 is 0 Å². The first-order valence-corrected chi connectivity index (χ1v) is 7.19. The minimum Gasteiger partial charge on any atom is -0.402 e. The lowest BCUT2D eigenvalue weighted by Crippen LogP contribution is -2.28. The highest BCUT2D eigenvalue weighted by Crippen LogP contribution is 2.22. The van der Waals surface area contributed by atoms with Crippen LogP contribution in [-0.4, -0.2) is 11.1 Å². The highest BCUT2D eigenvalue weighted by atomic mass is 15.1. The molecule has 1 heterocycles. The van der Waals surface area contributed by atoms with Crippen LogP contribution in [-0.2, 0) is 6.54 Å². The van der Waals surface area contributed by atoms with Crippen LogP contribution < -0.4 is 22.5 Å². The maximum Gasteiger partial charge on any atom is 0.128 e. The molecule has 1 unspecified atom stereocenters. The van der Waals surface area contributed by atoms with Gasteiger partial charge in [-0.1, -0.05) is 12.1 Å².